The minimum atomic E-state index is -1.59. The van der Waals surface area contributed by atoms with E-state index in [1.807, 2.05) is 39.8 Å². The first-order valence-corrected chi connectivity index (χ1v) is 21.8. The first kappa shape index (κ1) is 52.6. The van der Waals surface area contributed by atoms with E-state index in [9.17, 15) is 24.0 Å². The molecule has 0 aromatic rings. The lowest BCUT2D eigenvalue weighted by Crippen LogP contribution is -2.61. The summed E-state index contributed by atoms with van der Waals surface area (Å²) in [4.78, 5) is 68.4. The van der Waals surface area contributed by atoms with Crippen molar-refractivity contribution in [1.29, 1.82) is 0 Å². The second kappa shape index (κ2) is 21.8. The van der Waals surface area contributed by atoms with Gasteiger partial charge in [-0.15, -0.1) is 11.6 Å². The number of halogens is 1. The summed E-state index contributed by atoms with van der Waals surface area (Å²) in [6.07, 6.45) is -5.52. The van der Waals surface area contributed by atoms with Crippen molar-refractivity contribution in [3.8, 4) is 0 Å². The van der Waals surface area contributed by atoms with Gasteiger partial charge in [0, 0.05) is 46.3 Å². The van der Waals surface area contributed by atoms with Gasteiger partial charge >= 0.3 is 23.9 Å². The van der Waals surface area contributed by atoms with E-state index in [2.05, 4.69) is 0 Å². The zero-order valence-electron chi connectivity index (χ0n) is 39.1. The Kier molecular flexibility index (Phi) is 18.8. The lowest BCUT2D eigenvalue weighted by atomic mass is 9.76. The van der Waals surface area contributed by atoms with Crippen molar-refractivity contribution < 1.29 is 71.3 Å². The van der Waals surface area contributed by atoms with E-state index in [1.54, 1.807) is 48.5 Å². The number of carbonyl (C=O) groups excluding carboxylic acids is 5. The third kappa shape index (κ3) is 12.7. The Morgan fingerprint density at radius 1 is 0.869 bits per heavy atom. The van der Waals surface area contributed by atoms with Crippen LogP contribution < -0.4 is 0 Å². The van der Waals surface area contributed by atoms with E-state index in [0.717, 1.165) is 0 Å². The van der Waals surface area contributed by atoms with Crippen LogP contribution in [0.3, 0.4) is 0 Å². The zero-order chi connectivity index (χ0) is 46.4. The molecule has 3 aliphatic rings. The Balaban J connectivity index is 2.32. The minimum absolute atomic E-state index is 0.0891. The molecule has 0 bridgehead atoms. The third-order valence-electron chi connectivity index (χ3n) is 12.6. The summed E-state index contributed by atoms with van der Waals surface area (Å²) < 4.78 is 62.8. The number of ketones is 1. The number of nitrogens with zero attached hydrogens (tertiary/aromatic N) is 1. The predicted octanol–water partition coefficient (Wildman–Crippen LogP) is 5.32. The fourth-order valence-electron chi connectivity index (χ4n) is 9.31. The SMILES string of the molecule is CC[C@H]1OC(=O)[C@H](C)[C@@H](O[C@H]2C[C@@](C)(OC)[C@@H](OC(C)=O)[C@H](C)O2)[C@H](C)C(O[C@@H]2O[C@H](C)C[C@H](N(C)C)[C@H]2OC(C)=O)[C@](C)(OC)C[C@@H](C)C(=O)C(C)=C[C@]1(C)OC(=O)CCl. The molecule has 0 aliphatic carbocycles. The minimum Gasteiger partial charge on any atom is -0.457 e. The molecular formula is C44H72ClNO15. The number of carbonyl (C=O) groups is 5. The van der Waals surface area contributed by atoms with E-state index in [1.165, 1.54) is 34.1 Å². The van der Waals surface area contributed by atoms with Crippen LogP contribution in [0.4, 0.5) is 0 Å². The predicted molar refractivity (Wildman–Crippen MR) is 223 cm³/mol. The molecule has 17 heteroatoms. The van der Waals surface area contributed by atoms with Crippen molar-refractivity contribution in [3.63, 3.8) is 0 Å². The molecule has 0 saturated carbocycles. The number of Topliss-reactive ketones (excluding diaryl/α,β-unsaturated/α-hetero) is 1. The number of hydrogen-bond acceptors (Lipinski definition) is 16. The van der Waals surface area contributed by atoms with Crippen LogP contribution >= 0.6 is 11.6 Å². The van der Waals surface area contributed by atoms with Crippen LogP contribution in [0, 0.1) is 17.8 Å². The molecule has 0 aromatic carbocycles. The Labute approximate surface area is 367 Å². The normalized spacial score (nSPS) is 40.6. The Morgan fingerprint density at radius 3 is 1.98 bits per heavy atom. The number of cyclic esters (lactones) is 1. The van der Waals surface area contributed by atoms with Crippen molar-refractivity contribution in [2.24, 2.45) is 17.8 Å². The molecule has 0 spiro atoms. The largest absolute Gasteiger partial charge is 0.457 e. The molecule has 61 heavy (non-hydrogen) atoms. The van der Waals surface area contributed by atoms with Gasteiger partial charge in [0.1, 0.15) is 17.6 Å². The summed E-state index contributed by atoms with van der Waals surface area (Å²) in [6.45, 7) is 20.1. The van der Waals surface area contributed by atoms with Gasteiger partial charge in [-0.05, 0) is 93.5 Å². The molecule has 1 unspecified atom stereocenters. The van der Waals surface area contributed by atoms with Crippen molar-refractivity contribution in [3.05, 3.63) is 11.6 Å². The maximum Gasteiger partial charge on any atom is 0.321 e. The monoisotopic (exact) mass is 889 g/mol. The van der Waals surface area contributed by atoms with Gasteiger partial charge in [0.2, 0.25) is 0 Å². The number of ether oxygens (including phenoxy) is 10. The van der Waals surface area contributed by atoms with Gasteiger partial charge in [-0.1, -0.05) is 20.8 Å². The van der Waals surface area contributed by atoms with E-state index in [4.69, 9.17) is 59.0 Å². The van der Waals surface area contributed by atoms with Crippen LogP contribution in [0.2, 0.25) is 0 Å². The highest BCUT2D eigenvalue weighted by molar-refractivity contribution is 6.26. The van der Waals surface area contributed by atoms with E-state index in [0.29, 0.717) is 6.42 Å². The van der Waals surface area contributed by atoms with Gasteiger partial charge in [-0.3, -0.25) is 24.0 Å². The highest BCUT2D eigenvalue weighted by atomic mass is 35.5. The van der Waals surface area contributed by atoms with Gasteiger partial charge in [-0.25, -0.2) is 0 Å². The first-order chi connectivity index (χ1) is 28.3. The van der Waals surface area contributed by atoms with E-state index >= 15 is 0 Å². The van der Waals surface area contributed by atoms with E-state index < -0.39 is 114 Å². The number of allylic oxidation sites excluding steroid dienone is 1. The van der Waals surface area contributed by atoms with Crippen molar-refractivity contribution in [1.82, 2.24) is 4.90 Å². The Bertz CT molecular complexity index is 1580. The standard InChI is InChI=1S/C44H72ClNO15/c1-17-32-42(10,61-33(49)22-45)19-23(2)35(50)24(3)20-43(11,52-15)38(60-41-37(56-29(8)47)31(46(13)14)18-25(4)54-41)26(5)36(27(6)40(51)58-32)59-34-21-44(12,53-16)39(28(7)55-34)57-30(9)48/h19,24-28,31-32,34,36-39,41H,17-18,20-22H2,1-16H3/t24-,25-,26+,27-,28+,31+,32-,34+,36+,37-,38?,39+,41+,42+,43-,44-/m1/s1. The lowest BCUT2D eigenvalue weighted by Gasteiger charge is -2.50. The lowest BCUT2D eigenvalue weighted by molar-refractivity contribution is -0.320. The molecule has 3 aliphatic heterocycles. The highest BCUT2D eigenvalue weighted by Crippen LogP contribution is 2.42. The molecule has 0 aromatic heterocycles. The van der Waals surface area contributed by atoms with Crippen LogP contribution in [0.5, 0.6) is 0 Å². The number of esters is 4. The maximum absolute atomic E-state index is 14.6. The van der Waals surface area contributed by atoms with Gasteiger partial charge in [-0.2, -0.15) is 0 Å². The van der Waals surface area contributed by atoms with Crippen LogP contribution in [-0.4, -0.2) is 147 Å². The fourth-order valence-corrected chi connectivity index (χ4v) is 9.36. The zero-order valence-corrected chi connectivity index (χ0v) is 39.8. The van der Waals surface area contributed by atoms with Crippen LogP contribution in [0.15, 0.2) is 11.6 Å². The smallest absolute Gasteiger partial charge is 0.321 e. The van der Waals surface area contributed by atoms with Crippen molar-refractivity contribution in [2.75, 3.05) is 34.2 Å². The van der Waals surface area contributed by atoms with Crippen molar-refractivity contribution >= 4 is 41.3 Å². The van der Waals surface area contributed by atoms with Crippen molar-refractivity contribution in [2.45, 2.75) is 187 Å². The number of methoxy groups -OCH3 is 2. The summed E-state index contributed by atoms with van der Waals surface area (Å²) in [5.41, 5.74) is -3.68. The highest BCUT2D eigenvalue weighted by Gasteiger charge is 2.54. The molecule has 2 saturated heterocycles. The fraction of sp³-hybridized carbons (Fsp3) is 0.841. The molecule has 16 nitrogen and oxygen atoms in total. The van der Waals surface area contributed by atoms with Gasteiger partial charge < -0.3 is 52.3 Å². The van der Waals surface area contributed by atoms with Crippen LogP contribution in [-0.2, 0) is 71.3 Å². The topological polar surface area (TPSA) is 181 Å². The van der Waals surface area contributed by atoms with Crippen LogP contribution in [0.1, 0.15) is 109 Å². The molecule has 3 heterocycles. The molecule has 16 atom stereocenters. The molecular weight excluding hydrogens is 818 g/mol. The quantitative estimate of drug-likeness (QED) is 0.139. The first-order valence-electron chi connectivity index (χ1n) is 21.2. The summed E-state index contributed by atoms with van der Waals surface area (Å²) in [5, 5.41) is 0. The molecule has 0 radical (unpaired) electrons. The molecule has 2 fully saturated rings. The summed E-state index contributed by atoms with van der Waals surface area (Å²) in [7, 11) is 6.79. The number of rotatable bonds is 12. The average Bonchev–Trinajstić information content (AvgIpc) is 3.18. The third-order valence-corrected chi connectivity index (χ3v) is 12.8. The summed E-state index contributed by atoms with van der Waals surface area (Å²) >= 11 is 5.89. The Morgan fingerprint density at radius 2 is 1.46 bits per heavy atom. The number of hydrogen-bond donors (Lipinski definition) is 0. The maximum atomic E-state index is 14.6. The average molecular weight is 891 g/mol. The summed E-state index contributed by atoms with van der Waals surface area (Å²) in [5.74, 6) is -5.78. The molecule has 0 amide bonds. The van der Waals surface area contributed by atoms with Gasteiger partial charge in [0.15, 0.2) is 36.2 Å². The van der Waals surface area contributed by atoms with Gasteiger partial charge in [0.25, 0.3) is 0 Å². The summed E-state index contributed by atoms with van der Waals surface area (Å²) in [6, 6.07) is -0.295. The second-order valence-corrected chi connectivity index (χ2v) is 18.2. The van der Waals surface area contributed by atoms with E-state index in [-0.39, 0.29) is 42.8 Å². The molecule has 350 valence electrons. The second-order valence-electron chi connectivity index (χ2n) is 17.9. The molecule has 3 rings (SSSR count). The van der Waals surface area contributed by atoms with Gasteiger partial charge in [0.05, 0.1) is 42.0 Å². The Hall–Kier alpha value is -2.70. The molecule has 0 N–H and O–H groups in total. The van der Waals surface area contributed by atoms with Crippen LogP contribution in [0.25, 0.3) is 0 Å². The number of alkyl halides is 1. The number of likely N-dealkylation sites (N-methyl/N-ethyl adjacent to an activating group) is 1.